The second-order valence-corrected chi connectivity index (χ2v) is 5.16. The van der Waals surface area contributed by atoms with Crippen LogP contribution in [0.4, 0.5) is 4.39 Å². The normalized spacial score (nSPS) is 17.6. The highest BCUT2D eigenvalue weighted by atomic mass is 19.1. The second-order valence-electron chi connectivity index (χ2n) is 5.16. The molecule has 0 bridgehead atoms. The van der Waals surface area contributed by atoms with Gasteiger partial charge in [-0.3, -0.25) is 4.98 Å². The molecule has 0 amide bonds. The second kappa shape index (κ2) is 5.85. The molecule has 1 aliphatic rings. The number of aromatic nitrogens is 1. The van der Waals surface area contributed by atoms with Crippen molar-refractivity contribution in [3.8, 4) is 11.5 Å². The van der Waals surface area contributed by atoms with Crippen molar-refractivity contribution < 1.29 is 28.9 Å². The maximum Gasteiger partial charge on any atom is 0.339 e. The van der Waals surface area contributed by atoms with Crippen LogP contribution in [0.15, 0.2) is 30.6 Å². The van der Waals surface area contributed by atoms with Crippen molar-refractivity contribution in [2.45, 2.75) is 19.1 Å². The Labute approximate surface area is 131 Å². The zero-order chi connectivity index (χ0) is 16.6. The molecular formula is C16H14FNO5. The number of aliphatic hydroxyl groups excluding tert-OH is 1. The van der Waals surface area contributed by atoms with Crippen molar-refractivity contribution in [2.75, 3.05) is 6.61 Å². The van der Waals surface area contributed by atoms with Crippen LogP contribution >= 0.6 is 0 Å². The largest absolute Gasteiger partial charge is 0.485 e. The van der Waals surface area contributed by atoms with Crippen LogP contribution in [-0.2, 0) is 0 Å². The minimum Gasteiger partial charge on any atom is -0.485 e. The monoisotopic (exact) mass is 319 g/mol. The maximum absolute atomic E-state index is 13.9. The van der Waals surface area contributed by atoms with Crippen LogP contribution in [0.2, 0.25) is 0 Å². The Kier molecular flexibility index (Phi) is 3.87. The fourth-order valence-electron chi connectivity index (χ4n) is 2.58. The molecule has 1 aromatic carbocycles. The van der Waals surface area contributed by atoms with Crippen molar-refractivity contribution in [2.24, 2.45) is 0 Å². The third-order valence-corrected chi connectivity index (χ3v) is 3.59. The van der Waals surface area contributed by atoms with Crippen molar-refractivity contribution >= 4 is 5.97 Å². The lowest BCUT2D eigenvalue weighted by Crippen LogP contribution is -2.25. The molecule has 2 heterocycles. The van der Waals surface area contributed by atoms with E-state index in [0.29, 0.717) is 5.56 Å². The number of pyridine rings is 1. The summed E-state index contributed by atoms with van der Waals surface area (Å²) in [4.78, 5) is 15.0. The summed E-state index contributed by atoms with van der Waals surface area (Å²) in [6, 6.07) is 4.52. The number of benzene rings is 1. The van der Waals surface area contributed by atoms with E-state index in [9.17, 15) is 14.3 Å². The number of carbonyl (C=O) groups is 1. The van der Waals surface area contributed by atoms with Gasteiger partial charge in [0.05, 0.1) is 12.3 Å². The van der Waals surface area contributed by atoms with Crippen LogP contribution in [0.5, 0.6) is 11.5 Å². The third kappa shape index (κ3) is 2.70. The van der Waals surface area contributed by atoms with E-state index in [1.165, 1.54) is 25.3 Å². The number of aliphatic hydroxyl groups is 1. The number of para-hydroxylation sites is 1. The number of ether oxygens (including phenoxy) is 2. The molecule has 2 atom stereocenters. The van der Waals surface area contributed by atoms with Crippen LogP contribution < -0.4 is 9.47 Å². The van der Waals surface area contributed by atoms with Crippen LogP contribution in [0.25, 0.3) is 0 Å². The molecule has 3 rings (SSSR count). The first-order chi connectivity index (χ1) is 11.0. The number of hydrogen-bond acceptors (Lipinski definition) is 5. The third-order valence-electron chi connectivity index (χ3n) is 3.59. The quantitative estimate of drug-likeness (QED) is 0.903. The molecule has 2 aromatic rings. The zero-order valence-electron chi connectivity index (χ0n) is 12.2. The van der Waals surface area contributed by atoms with Crippen molar-refractivity contribution in [3.05, 3.63) is 53.1 Å². The molecule has 0 saturated carbocycles. The van der Waals surface area contributed by atoms with E-state index in [2.05, 4.69) is 4.98 Å². The van der Waals surface area contributed by atoms with Crippen molar-refractivity contribution in [3.63, 3.8) is 0 Å². The molecule has 2 N–H and O–H groups in total. The summed E-state index contributed by atoms with van der Waals surface area (Å²) >= 11 is 0. The molecule has 0 spiro atoms. The maximum atomic E-state index is 13.9. The van der Waals surface area contributed by atoms with Gasteiger partial charge in [0, 0.05) is 17.3 Å². The summed E-state index contributed by atoms with van der Waals surface area (Å²) in [5.41, 5.74) is 0.451. The first-order valence-corrected chi connectivity index (χ1v) is 6.96. The molecule has 0 saturated heterocycles. The smallest absolute Gasteiger partial charge is 0.339 e. The van der Waals surface area contributed by atoms with Gasteiger partial charge < -0.3 is 19.7 Å². The predicted octanol–water partition coefficient (Wildman–Crippen LogP) is 2.48. The summed E-state index contributed by atoms with van der Waals surface area (Å²) in [5.74, 6) is -1.37. The number of fused-ring (bicyclic) bond motifs is 1. The standard InChI is InChI=1S/C16H14FNO5/c1-8(19)14-10(5-18-6-11(14)17)13-7-22-15-9(16(20)21)3-2-4-12(15)23-13/h2-6,8,13,19H,7H2,1H3,(H,20,21)/t8-,13?/m0/s1. The van der Waals surface area contributed by atoms with Gasteiger partial charge in [-0.2, -0.15) is 0 Å². The predicted molar refractivity (Wildman–Crippen MR) is 77.1 cm³/mol. The summed E-state index contributed by atoms with van der Waals surface area (Å²) in [6.45, 7) is 1.43. The van der Waals surface area contributed by atoms with E-state index < -0.39 is 24.0 Å². The van der Waals surface area contributed by atoms with Crippen LogP contribution in [0, 0.1) is 5.82 Å². The van der Waals surface area contributed by atoms with Gasteiger partial charge in [-0.15, -0.1) is 0 Å². The number of nitrogens with zero attached hydrogens (tertiary/aromatic N) is 1. The van der Waals surface area contributed by atoms with E-state index in [-0.39, 0.29) is 29.2 Å². The van der Waals surface area contributed by atoms with Crippen molar-refractivity contribution in [1.29, 1.82) is 0 Å². The molecule has 0 fully saturated rings. The highest BCUT2D eigenvalue weighted by Gasteiger charge is 2.30. The van der Waals surface area contributed by atoms with E-state index in [4.69, 9.17) is 14.6 Å². The number of rotatable bonds is 3. The number of carboxylic acids is 1. The molecule has 0 aliphatic carbocycles. The topological polar surface area (TPSA) is 88.9 Å². The molecule has 7 heteroatoms. The zero-order valence-corrected chi connectivity index (χ0v) is 12.2. The first-order valence-electron chi connectivity index (χ1n) is 6.96. The van der Waals surface area contributed by atoms with E-state index in [1.54, 1.807) is 6.07 Å². The number of carboxylic acid groups (broad SMARTS) is 1. The van der Waals surface area contributed by atoms with E-state index >= 15 is 0 Å². The Morgan fingerprint density at radius 1 is 1.43 bits per heavy atom. The van der Waals surface area contributed by atoms with Gasteiger partial charge in [0.15, 0.2) is 17.6 Å². The highest BCUT2D eigenvalue weighted by molar-refractivity contribution is 5.92. The lowest BCUT2D eigenvalue weighted by molar-refractivity contribution is 0.0656. The summed E-state index contributed by atoms with van der Waals surface area (Å²) in [5, 5.41) is 18.9. The van der Waals surface area contributed by atoms with Crippen LogP contribution in [-0.4, -0.2) is 27.8 Å². The molecule has 120 valence electrons. The molecule has 0 radical (unpaired) electrons. The average molecular weight is 319 g/mol. The lowest BCUT2D eigenvalue weighted by Gasteiger charge is -2.29. The first kappa shape index (κ1) is 15.2. The average Bonchev–Trinajstić information content (AvgIpc) is 2.53. The summed E-state index contributed by atoms with van der Waals surface area (Å²) in [6.07, 6.45) is 0.694. The number of halogens is 1. The molecule has 6 nitrogen and oxygen atoms in total. The van der Waals surface area contributed by atoms with Crippen LogP contribution in [0.1, 0.15) is 40.6 Å². The minimum absolute atomic E-state index is 0.00549. The molecule has 23 heavy (non-hydrogen) atoms. The van der Waals surface area contributed by atoms with E-state index in [1.807, 2.05) is 0 Å². The van der Waals surface area contributed by atoms with Crippen LogP contribution in [0.3, 0.4) is 0 Å². The number of hydrogen-bond donors (Lipinski definition) is 2. The Hall–Kier alpha value is -2.67. The number of aromatic carboxylic acids is 1. The highest BCUT2D eigenvalue weighted by Crippen LogP contribution is 2.40. The molecule has 1 aliphatic heterocycles. The fourth-order valence-corrected chi connectivity index (χ4v) is 2.58. The summed E-state index contributed by atoms with van der Waals surface area (Å²) < 4.78 is 25.2. The molecular weight excluding hydrogens is 305 g/mol. The van der Waals surface area contributed by atoms with Gasteiger partial charge in [0.1, 0.15) is 18.0 Å². The van der Waals surface area contributed by atoms with Gasteiger partial charge in [-0.05, 0) is 19.1 Å². The molecule has 1 unspecified atom stereocenters. The lowest BCUT2D eigenvalue weighted by atomic mass is 10.0. The molecule has 1 aromatic heterocycles. The Morgan fingerprint density at radius 2 is 2.22 bits per heavy atom. The Bertz CT molecular complexity index is 762. The summed E-state index contributed by atoms with van der Waals surface area (Å²) in [7, 11) is 0. The fraction of sp³-hybridized carbons (Fsp3) is 0.250. The minimum atomic E-state index is -1.12. The van der Waals surface area contributed by atoms with E-state index in [0.717, 1.165) is 6.20 Å². The van der Waals surface area contributed by atoms with Gasteiger partial charge in [0.2, 0.25) is 0 Å². The van der Waals surface area contributed by atoms with Gasteiger partial charge in [0.25, 0.3) is 0 Å². The van der Waals surface area contributed by atoms with Gasteiger partial charge in [-0.25, -0.2) is 9.18 Å². The Morgan fingerprint density at radius 3 is 2.91 bits per heavy atom. The van der Waals surface area contributed by atoms with Crippen molar-refractivity contribution in [1.82, 2.24) is 4.98 Å². The SMILES string of the molecule is C[C@H](O)c1c(F)cncc1C1COc2c(cccc2C(=O)O)O1. The van der Waals surface area contributed by atoms with Gasteiger partial charge >= 0.3 is 5.97 Å². The van der Waals surface area contributed by atoms with Gasteiger partial charge in [-0.1, -0.05) is 6.07 Å². The Balaban J connectivity index is 1.99.